The summed E-state index contributed by atoms with van der Waals surface area (Å²) in [6.45, 7) is 0. The summed E-state index contributed by atoms with van der Waals surface area (Å²) in [5.74, 6) is 0.276. The highest BCUT2D eigenvalue weighted by Crippen LogP contribution is 2.26. The van der Waals surface area contributed by atoms with Crippen LogP contribution in [-0.4, -0.2) is 23.5 Å². The van der Waals surface area contributed by atoms with Gasteiger partial charge in [0, 0.05) is 5.39 Å². The maximum Gasteiger partial charge on any atom is 0.219 e. The van der Waals surface area contributed by atoms with Crippen LogP contribution < -0.4 is 4.74 Å². The minimum atomic E-state index is -1.20. The molecule has 1 atom stereocenters. The van der Waals surface area contributed by atoms with Crippen molar-refractivity contribution in [1.82, 2.24) is 4.98 Å². The van der Waals surface area contributed by atoms with Crippen molar-refractivity contribution in [3.63, 3.8) is 0 Å². The fraction of sp³-hybridized carbons (Fsp3) is 0.167. The zero-order valence-corrected chi connectivity index (χ0v) is 8.75. The molecule has 4 nitrogen and oxygen atoms in total. The van der Waals surface area contributed by atoms with E-state index in [-0.39, 0.29) is 5.88 Å². The van der Waals surface area contributed by atoms with E-state index in [2.05, 4.69) is 4.98 Å². The number of aliphatic hydroxyl groups excluding tert-OH is 1. The van der Waals surface area contributed by atoms with Crippen molar-refractivity contribution in [2.45, 2.75) is 6.10 Å². The molecule has 0 aliphatic carbocycles. The van der Waals surface area contributed by atoms with Crippen molar-refractivity contribution in [3.05, 3.63) is 35.9 Å². The van der Waals surface area contributed by atoms with Crippen LogP contribution in [0, 0.1) is 0 Å². The third kappa shape index (κ3) is 1.75. The van der Waals surface area contributed by atoms with E-state index in [0.717, 1.165) is 10.9 Å². The third-order valence-electron chi connectivity index (χ3n) is 2.36. The lowest BCUT2D eigenvalue weighted by atomic mass is 10.1. The van der Waals surface area contributed by atoms with Crippen LogP contribution in [0.1, 0.15) is 11.7 Å². The number of rotatable bonds is 3. The second-order valence-corrected chi connectivity index (χ2v) is 3.36. The van der Waals surface area contributed by atoms with Gasteiger partial charge in [-0.15, -0.1) is 0 Å². The lowest BCUT2D eigenvalue weighted by Crippen LogP contribution is -2.03. The topological polar surface area (TPSA) is 59.4 Å². The number of ether oxygens (including phenoxy) is 1. The molecule has 1 aromatic carbocycles. The van der Waals surface area contributed by atoms with E-state index < -0.39 is 6.10 Å². The molecule has 0 fully saturated rings. The van der Waals surface area contributed by atoms with Gasteiger partial charge in [-0.05, 0) is 12.1 Å². The number of para-hydroxylation sites is 1. The standard InChI is InChI=1S/C12H11NO3/c1-16-12-9(11(15)7-14)6-8-4-2-3-5-10(8)13-12/h2-7,11,15H,1H3. The molecule has 0 saturated carbocycles. The molecular formula is C12H11NO3. The number of benzene rings is 1. The summed E-state index contributed by atoms with van der Waals surface area (Å²) in [4.78, 5) is 14.8. The van der Waals surface area contributed by atoms with Crippen molar-refractivity contribution in [3.8, 4) is 5.88 Å². The fourth-order valence-corrected chi connectivity index (χ4v) is 1.56. The number of aliphatic hydroxyl groups is 1. The summed E-state index contributed by atoms with van der Waals surface area (Å²) in [5, 5.41) is 10.4. The number of carbonyl (C=O) groups is 1. The number of fused-ring (bicyclic) bond motifs is 1. The quantitative estimate of drug-likeness (QED) is 0.791. The first-order valence-corrected chi connectivity index (χ1v) is 4.83. The molecule has 0 amide bonds. The van der Waals surface area contributed by atoms with E-state index >= 15 is 0 Å². The van der Waals surface area contributed by atoms with E-state index in [0.29, 0.717) is 11.8 Å². The molecule has 2 rings (SSSR count). The Morgan fingerprint density at radius 3 is 2.88 bits per heavy atom. The molecule has 0 spiro atoms. The van der Waals surface area contributed by atoms with E-state index in [9.17, 15) is 9.90 Å². The van der Waals surface area contributed by atoms with Gasteiger partial charge in [0.2, 0.25) is 5.88 Å². The number of aromatic nitrogens is 1. The van der Waals surface area contributed by atoms with Gasteiger partial charge in [0.25, 0.3) is 0 Å². The average molecular weight is 217 g/mol. The van der Waals surface area contributed by atoms with E-state index in [1.54, 1.807) is 6.07 Å². The van der Waals surface area contributed by atoms with Gasteiger partial charge in [-0.3, -0.25) is 0 Å². The Morgan fingerprint density at radius 1 is 1.44 bits per heavy atom. The first-order valence-electron chi connectivity index (χ1n) is 4.83. The summed E-state index contributed by atoms with van der Waals surface area (Å²) < 4.78 is 5.05. The molecule has 16 heavy (non-hydrogen) atoms. The highest BCUT2D eigenvalue weighted by molar-refractivity contribution is 5.81. The minimum Gasteiger partial charge on any atom is -0.481 e. The number of hydrogen-bond acceptors (Lipinski definition) is 4. The third-order valence-corrected chi connectivity index (χ3v) is 2.36. The largest absolute Gasteiger partial charge is 0.481 e. The summed E-state index contributed by atoms with van der Waals surface area (Å²) >= 11 is 0. The Morgan fingerprint density at radius 2 is 2.19 bits per heavy atom. The number of pyridine rings is 1. The molecule has 4 heteroatoms. The van der Waals surface area contributed by atoms with Crippen molar-refractivity contribution < 1.29 is 14.6 Å². The van der Waals surface area contributed by atoms with Gasteiger partial charge < -0.3 is 14.6 Å². The first kappa shape index (κ1) is 10.6. The SMILES string of the molecule is COc1nc2ccccc2cc1C(O)C=O. The molecule has 1 unspecified atom stereocenters. The lowest BCUT2D eigenvalue weighted by molar-refractivity contribution is -0.115. The van der Waals surface area contributed by atoms with E-state index in [1.807, 2.05) is 24.3 Å². The zero-order chi connectivity index (χ0) is 11.5. The number of aldehydes is 1. The van der Waals surface area contributed by atoms with Crippen LogP contribution >= 0.6 is 0 Å². The summed E-state index contributed by atoms with van der Waals surface area (Å²) in [6.07, 6.45) is -0.749. The van der Waals surface area contributed by atoms with Crippen LogP contribution in [0.15, 0.2) is 30.3 Å². The molecule has 1 N–H and O–H groups in total. The number of hydrogen-bond donors (Lipinski definition) is 1. The zero-order valence-electron chi connectivity index (χ0n) is 8.75. The van der Waals surface area contributed by atoms with Gasteiger partial charge in [-0.25, -0.2) is 4.98 Å². The Bertz CT molecular complexity index is 525. The van der Waals surface area contributed by atoms with Crippen molar-refractivity contribution in [2.24, 2.45) is 0 Å². The fourth-order valence-electron chi connectivity index (χ4n) is 1.56. The Hall–Kier alpha value is -1.94. The van der Waals surface area contributed by atoms with Gasteiger partial charge in [0.15, 0.2) is 6.29 Å². The molecule has 0 saturated heterocycles. The molecule has 82 valence electrons. The summed E-state index contributed by atoms with van der Waals surface area (Å²) in [5.41, 5.74) is 1.15. The van der Waals surface area contributed by atoms with Gasteiger partial charge >= 0.3 is 0 Å². The smallest absolute Gasteiger partial charge is 0.219 e. The van der Waals surface area contributed by atoms with E-state index in [1.165, 1.54) is 7.11 Å². The van der Waals surface area contributed by atoms with Crippen LogP contribution in [0.3, 0.4) is 0 Å². The molecule has 0 radical (unpaired) electrons. The van der Waals surface area contributed by atoms with Crippen molar-refractivity contribution in [2.75, 3.05) is 7.11 Å². The molecule has 1 heterocycles. The first-order chi connectivity index (χ1) is 7.76. The van der Waals surface area contributed by atoms with Crippen LogP contribution in [0.4, 0.5) is 0 Å². The molecule has 1 aromatic heterocycles. The van der Waals surface area contributed by atoms with Gasteiger partial charge in [-0.2, -0.15) is 0 Å². The monoisotopic (exact) mass is 217 g/mol. The Kier molecular flexibility index (Phi) is 2.83. The number of carbonyl (C=O) groups excluding carboxylic acids is 1. The highest BCUT2D eigenvalue weighted by atomic mass is 16.5. The number of nitrogens with zero attached hydrogens (tertiary/aromatic N) is 1. The second kappa shape index (κ2) is 4.28. The lowest BCUT2D eigenvalue weighted by Gasteiger charge is -2.10. The summed E-state index contributed by atoms with van der Waals surface area (Å²) in [7, 11) is 1.46. The average Bonchev–Trinajstić information content (AvgIpc) is 2.36. The molecule has 2 aromatic rings. The van der Waals surface area contributed by atoms with Crippen molar-refractivity contribution >= 4 is 17.2 Å². The minimum absolute atomic E-state index is 0.276. The Labute approximate surface area is 92.5 Å². The van der Waals surface area contributed by atoms with Crippen LogP contribution in [-0.2, 0) is 4.79 Å². The summed E-state index contributed by atoms with van der Waals surface area (Å²) in [6, 6.07) is 9.15. The molecular weight excluding hydrogens is 206 g/mol. The number of methoxy groups -OCH3 is 1. The normalized spacial score (nSPS) is 12.4. The maximum absolute atomic E-state index is 10.6. The maximum atomic E-state index is 10.6. The van der Waals surface area contributed by atoms with Gasteiger partial charge in [0.05, 0.1) is 18.2 Å². The molecule has 0 aliphatic heterocycles. The second-order valence-electron chi connectivity index (χ2n) is 3.36. The highest BCUT2D eigenvalue weighted by Gasteiger charge is 2.14. The van der Waals surface area contributed by atoms with Crippen LogP contribution in [0.25, 0.3) is 10.9 Å². The molecule has 0 aliphatic rings. The van der Waals surface area contributed by atoms with Crippen LogP contribution in [0.2, 0.25) is 0 Å². The van der Waals surface area contributed by atoms with Crippen molar-refractivity contribution in [1.29, 1.82) is 0 Å². The van der Waals surface area contributed by atoms with E-state index in [4.69, 9.17) is 4.74 Å². The van der Waals surface area contributed by atoms with Crippen LogP contribution in [0.5, 0.6) is 5.88 Å². The van der Waals surface area contributed by atoms with Gasteiger partial charge in [-0.1, -0.05) is 18.2 Å². The molecule has 0 bridgehead atoms. The van der Waals surface area contributed by atoms with Gasteiger partial charge in [0.1, 0.15) is 6.10 Å². The predicted molar refractivity (Wildman–Crippen MR) is 59.3 cm³/mol. The Balaban J connectivity index is 2.67. The predicted octanol–water partition coefficient (Wildman–Crippen LogP) is 1.48.